The molecule has 134 valence electrons. The molecule has 0 aliphatic rings. The lowest BCUT2D eigenvalue weighted by molar-refractivity contribution is 0.585. The van der Waals surface area contributed by atoms with Gasteiger partial charge in [-0.15, -0.1) is 10.2 Å². The van der Waals surface area contributed by atoms with Crippen LogP contribution in [-0.2, 0) is 0 Å². The van der Waals surface area contributed by atoms with E-state index in [1.54, 1.807) is 0 Å². The molecule has 0 aliphatic heterocycles. The predicted octanol–water partition coefficient (Wildman–Crippen LogP) is 6.38. The number of halogens is 1. The Morgan fingerprint density at radius 3 is 2.29 bits per heavy atom. The van der Waals surface area contributed by atoms with Crippen LogP contribution in [0.4, 0.5) is 0 Å². The van der Waals surface area contributed by atoms with Gasteiger partial charge in [0.2, 0.25) is 11.8 Å². The first kappa shape index (κ1) is 16.8. The number of pyridine rings is 1. The number of fused-ring (bicyclic) bond motifs is 1. The molecule has 28 heavy (non-hydrogen) atoms. The Balaban J connectivity index is 1.68. The van der Waals surface area contributed by atoms with Gasteiger partial charge in [0.25, 0.3) is 0 Å². The summed E-state index contributed by atoms with van der Waals surface area (Å²) < 4.78 is 7.00. The van der Waals surface area contributed by atoms with Crippen molar-refractivity contribution in [2.24, 2.45) is 0 Å². The van der Waals surface area contributed by atoms with Gasteiger partial charge in [0.05, 0.1) is 16.8 Å². The number of benzene rings is 3. The topological polar surface area (TPSA) is 51.8 Å². The van der Waals surface area contributed by atoms with Crippen LogP contribution in [0.25, 0.3) is 45.1 Å². The van der Waals surface area contributed by atoms with Crippen LogP contribution >= 0.6 is 15.9 Å². The van der Waals surface area contributed by atoms with Gasteiger partial charge in [0.1, 0.15) is 0 Å². The van der Waals surface area contributed by atoms with E-state index >= 15 is 0 Å². The Bertz CT molecular complexity index is 1280. The first-order valence-electron chi connectivity index (χ1n) is 8.83. The number of para-hydroxylation sites is 1. The van der Waals surface area contributed by atoms with Crippen molar-refractivity contribution in [3.05, 3.63) is 89.4 Å². The van der Waals surface area contributed by atoms with Crippen LogP contribution in [0.3, 0.4) is 0 Å². The molecule has 3 aromatic carbocycles. The minimum Gasteiger partial charge on any atom is -0.416 e. The van der Waals surface area contributed by atoms with E-state index in [0.717, 1.165) is 37.8 Å². The van der Waals surface area contributed by atoms with E-state index in [9.17, 15) is 0 Å². The van der Waals surface area contributed by atoms with Crippen LogP contribution in [0.1, 0.15) is 0 Å². The maximum atomic E-state index is 6.04. The number of aromatic nitrogens is 3. The van der Waals surface area contributed by atoms with E-state index < -0.39 is 0 Å². The molecule has 0 spiro atoms. The van der Waals surface area contributed by atoms with Crippen molar-refractivity contribution >= 4 is 26.8 Å². The van der Waals surface area contributed by atoms with Crippen molar-refractivity contribution < 1.29 is 4.42 Å². The van der Waals surface area contributed by atoms with Crippen LogP contribution in [0.2, 0.25) is 0 Å². The Morgan fingerprint density at radius 2 is 1.43 bits per heavy atom. The van der Waals surface area contributed by atoms with Crippen molar-refractivity contribution in [3.8, 4) is 34.2 Å². The van der Waals surface area contributed by atoms with Crippen LogP contribution in [0.5, 0.6) is 0 Å². The Hall–Kier alpha value is -3.31. The van der Waals surface area contributed by atoms with Crippen LogP contribution in [-0.4, -0.2) is 15.2 Å². The van der Waals surface area contributed by atoms with Crippen molar-refractivity contribution in [1.82, 2.24) is 15.2 Å². The molecule has 5 aromatic rings. The van der Waals surface area contributed by atoms with E-state index in [2.05, 4.69) is 26.1 Å². The van der Waals surface area contributed by atoms with Gasteiger partial charge in [-0.1, -0.05) is 70.5 Å². The number of hydrogen-bond donors (Lipinski definition) is 0. The van der Waals surface area contributed by atoms with Gasteiger partial charge in [0, 0.05) is 21.0 Å². The van der Waals surface area contributed by atoms with Gasteiger partial charge in [-0.25, -0.2) is 4.98 Å². The molecule has 0 unspecified atom stereocenters. The van der Waals surface area contributed by atoms with Gasteiger partial charge >= 0.3 is 0 Å². The first-order chi connectivity index (χ1) is 13.8. The molecule has 0 bridgehead atoms. The van der Waals surface area contributed by atoms with Crippen molar-refractivity contribution in [3.63, 3.8) is 0 Å². The molecule has 2 aromatic heterocycles. The molecule has 0 radical (unpaired) electrons. The smallest absolute Gasteiger partial charge is 0.248 e. The second kappa shape index (κ2) is 7.02. The largest absolute Gasteiger partial charge is 0.416 e. The lowest BCUT2D eigenvalue weighted by Crippen LogP contribution is -1.89. The SMILES string of the molecule is Brc1cccc(-c2nnc(-c3cc(-c4ccccc4)nc4ccccc34)o2)c1. The maximum absolute atomic E-state index is 6.04. The maximum Gasteiger partial charge on any atom is 0.248 e. The molecule has 5 rings (SSSR count). The summed E-state index contributed by atoms with van der Waals surface area (Å²) in [5, 5.41) is 9.55. The Labute approximate surface area is 170 Å². The third-order valence-corrected chi connectivity index (χ3v) is 5.01. The summed E-state index contributed by atoms with van der Waals surface area (Å²) in [7, 11) is 0. The minimum absolute atomic E-state index is 0.478. The molecule has 0 saturated carbocycles. The molecule has 0 saturated heterocycles. The van der Waals surface area contributed by atoms with Gasteiger partial charge < -0.3 is 4.42 Å². The Kier molecular flexibility index (Phi) is 4.22. The van der Waals surface area contributed by atoms with Crippen LogP contribution in [0.15, 0.2) is 93.8 Å². The van der Waals surface area contributed by atoms with E-state index in [1.165, 1.54) is 0 Å². The number of rotatable bonds is 3. The number of nitrogens with zero attached hydrogens (tertiary/aromatic N) is 3. The molecule has 4 nitrogen and oxygen atoms in total. The Morgan fingerprint density at radius 1 is 0.679 bits per heavy atom. The average Bonchev–Trinajstić information content (AvgIpc) is 3.24. The summed E-state index contributed by atoms with van der Waals surface area (Å²) in [6.45, 7) is 0. The summed E-state index contributed by atoms with van der Waals surface area (Å²) in [5.41, 5.74) is 4.55. The van der Waals surface area contributed by atoms with Gasteiger partial charge in [0.15, 0.2) is 0 Å². The fourth-order valence-electron chi connectivity index (χ4n) is 3.18. The minimum atomic E-state index is 0.478. The van der Waals surface area contributed by atoms with Crippen LogP contribution < -0.4 is 0 Å². The lowest BCUT2D eigenvalue weighted by Gasteiger charge is -2.07. The average molecular weight is 428 g/mol. The first-order valence-corrected chi connectivity index (χ1v) is 9.62. The fraction of sp³-hybridized carbons (Fsp3) is 0. The zero-order chi connectivity index (χ0) is 18.9. The summed E-state index contributed by atoms with van der Waals surface area (Å²) >= 11 is 3.48. The molecule has 0 fully saturated rings. The van der Waals surface area contributed by atoms with E-state index in [0.29, 0.717) is 11.8 Å². The predicted molar refractivity (Wildman–Crippen MR) is 114 cm³/mol. The van der Waals surface area contributed by atoms with E-state index in [-0.39, 0.29) is 0 Å². The summed E-state index contributed by atoms with van der Waals surface area (Å²) in [5.74, 6) is 0.962. The van der Waals surface area contributed by atoms with Crippen molar-refractivity contribution in [2.45, 2.75) is 0 Å². The van der Waals surface area contributed by atoms with Gasteiger partial charge in [-0.05, 0) is 30.3 Å². The zero-order valence-corrected chi connectivity index (χ0v) is 16.3. The number of hydrogen-bond acceptors (Lipinski definition) is 4. The normalized spacial score (nSPS) is 11.0. The third-order valence-electron chi connectivity index (χ3n) is 4.51. The third kappa shape index (κ3) is 3.10. The molecule has 0 atom stereocenters. The van der Waals surface area contributed by atoms with Crippen molar-refractivity contribution in [2.75, 3.05) is 0 Å². The monoisotopic (exact) mass is 427 g/mol. The second-order valence-corrected chi connectivity index (χ2v) is 7.28. The second-order valence-electron chi connectivity index (χ2n) is 6.36. The van der Waals surface area contributed by atoms with Gasteiger partial charge in [-0.3, -0.25) is 0 Å². The summed E-state index contributed by atoms with van der Waals surface area (Å²) in [6.07, 6.45) is 0. The molecule has 5 heteroatoms. The summed E-state index contributed by atoms with van der Waals surface area (Å²) in [6, 6.07) is 27.9. The summed E-state index contributed by atoms with van der Waals surface area (Å²) in [4.78, 5) is 4.81. The quantitative estimate of drug-likeness (QED) is 0.335. The molecule has 0 amide bonds. The van der Waals surface area contributed by atoms with E-state index in [4.69, 9.17) is 9.40 Å². The van der Waals surface area contributed by atoms with Crippen LogP contribution in [0, 0.1) is 0 Å². The standard InChI is InChI=1S/C23H14BrN3O/c24-17-10-6-9-16(13-17)22-26-27-23(28-22)19-14-21(15-7-2-1-3-8-15)25-20-12-5-4-11-18(19)20/h1-14H. The molecule has 0 aliphatic carbocycles. The fourth-order valence-corrected chi connectivity index (χ4v) is 3.58. The van der Waals surface area contributed by atoms with E-state index in [1.807, 2.05) is 84.9 Å². The highest BCUT2D eigenvalue weighted by atomic mass is 79.9. The molecular weight excluding hydrogens is 414 g/mol. The molecular formula is C23H14BrN3O. The lowest BCUT2D eigenvalue weighted by atomic mass is 10.0. The highest BCUT2D eigenvalue weighted by Gasteiger charge is 2.16. The molecule has 2 heterocycles. The van der Waals surface area contributed by atoms with Crippen molar-refractivity contribution in [1.29, 1.82) is 0 Å². The van der Waals surface area contributed by atoms with Gasteiger partial charge in [-0.2, -0.15) is 0 Å². The highest BCUT2D eigenvalue weighted by Crippen LogP contribution is 2.33. The molecule has 0 N–H and O–H groups in total. The zero-order valence-electron chi connectivity index (χ0n) is 14.7. The highest BCUT2D eigenvalue weighted by molar-refractivity contribution is 9.10.